The molecule has 1 saturated heterocycles. The molecule has 122 valence electrons. The number of rotatable bonds is 4. The standard InChI is InChI=1S/C18H20ClNO2S/c1-12-6-8-23-18(12)17(22)14-3-2-7-20(11-14)10-13-4-5-16(21)15(19)9-13/h4-6,8-9,14,21H,2-3,7,10-11H2,1H3/t14-/m0/s1. The molecule has 1 aliphatic heterocycles. The van der Waals surface area contributed by atoms with Crippen LogP contribution in [-0.4, -0.2) is 28.9 Å². The summed E-state index contributed by atoms with van der Waals surface area (Å²) in [5.74, 6) is 0.468. The Morgan fingerprint density at radius 2 is 2.26 bits per heavy atom. The van der Waals surface area contributed by atoms with Crippen molar-refractivity contribution in [2.75, 3.05) is 13.1 Å². The van der Waals surface area contributed by atoms with Gasteiger partial charge in [-0.3, -0.25) is 9.69 Å². The molecule has 0 spiro atoms. The van der Waals surface area contributed by atoms with E-state index in [1.54, 1.807) is 23.5 Å². The monoisotopic (exact) mass is 349 g/mol. The minimum atomic E-state index is 0.0775. The summed E-state index contributed by atoms with van der Waals surface area (Å²) < 4.78 is 0. The van der Waals surface area contributed by atoms with Crippen LogP contribution in [0.3, 0.4) is 0 Å². The van der Waals surface area contributed by atoms with Gasteiger partial charge < -0.3 is 5.11 Å². The summed E-state index contributed by atoms with van der Waals surface area (Å²) >= 11 is 7.52. The van der Waals surface area contributed by atoms with Crippen LogP contribution in [0, 0.1) is 12.8 Å². The third-order valence-corrected chi connectivity index (χ3v) is 5.71. The third kappa shape index (κ3) is 3.77. The number of likely N-dealkylation sites (tertiary alicyclic amines) is 1. The Kier molecular flexibility index (Phi) is 5.05. The lowest BCUT2D eigenvalue weighted by atomic mass is 9.92. The predicted octanol–water partition coefficient (Wildman–Crippen LogP) is 4.51. The van der Waals surface area contributed by atoms with E-state index in [4.69, 9.17) is 11.6 Å². The maximum absolute atomic E-state index is 12.7. The molecule has 1 atom stereocenters. The number of phenols is 1. The second-order valence-electron chi connectivity index (χ2n) is 6.16. The van der Waals surface area contributed by atoms with E-state index in [1.165, 1.54) is 0 Å². The van der Waals surface area contributed by atoms with E-state index >= 15 is 0 Å². The molecule has 1 fully saturated rings. The number of ketones is 1. The van der Waals surface area contributed by atoms with Gasteiger partial charge in [-0.1, -0.05) is 17.7 Å². The lowest BCUT2D eigenvalue weighted by Gasteiger charge is -2.32. The highest BCUT2D eigenvalue weighted by atomic mass is 35.5. The van der Waals surface area contributed by atoms with Crippen molar-refractivity contribution in [1.29, 1.82) is 0 Å². The Morgan fingerprint density at radius 3 is 2.96 bits per heavy atom. The Balaban J connectivity index is 1.67. The molecule has 1 N–H and O–H groups in total. The first-order valence-electron chi connectivity index (χ1n) is 7.82. The maximum atomic E-state index is 12.7. The number of aryl methyl sites for hydroxylation is 1. The minimum Gasteiger partial charge on any atom is -0.506 e. The number of hydrogen-bond donors (Lipinski definition) is 1. The molecule has 0 bridgehead atoms. The molecule has 0 radical (unpaired) electrons. The SMILES string of the molecule is Cc1ccsc1C(=O)[C@H]1CCCN(Cc2ccc(O)c(Cl)c2)C1. The van der Waals surface area contributed by atoms with Crippen molar-refractivity contribution < 1.29 is 9.90 Å². The topological polar surface area (TPSA) is 40.5 Å². The quantitative estimate of drug-likeness (QED) is 0.825. The zero-order chi connectivity index (χ0) is 16.4. The maximum Gasteiger partial charge on any atom is 0.177 e. The highest BCUT2D eigenvalue weighted by molar-refractivity contribution is 7.12. The Bertz CT molecular complexity index is 713. The first kappa shape index (κ1) is 16.5. The lowest BCUT2D eigenvalue weighted by molar-refractivity contribution is 0.0815. The van der Waals surface area contributed by atoms with Crippen molar-refractivity contribution in [2.45, 2.75) is 26.3 Å². The molecule has 0 unspecified atom stereocenters. The molecule has 1 aromatic heterocycles. The molecule has 3 rings (SSSR count). The van der Waals surface area contributed by atoms with Crippen LogP contribution in [0.25, 0.3) is 0 Å². The van der Waals surface area contributed by atoms with E-state index in [0.717, 1.165) is 48.5 Å². The van der Waals surface area contributed by atoms with Crippen molar-refractivity contribution >= 4 is 28.7 Å². The van der Waals surface area contributed by atoms with Crippen LogP contribution in [0.4, 0.5) is 0 Å². The smallest absolute Gasteiger partial charge is 0.177 e. The molecule has 2 aromatic rings. The predicted molar refractivity (Wildman–Crippen MR) is 94.5 cm³/mol. The molecule has 1 aromatic carbocycles. The summed E-state index contributed by atoms with van der Waals surface area (Å²) in [5.41, 5.74) is 2.15. The van der Waals surface area contributed by atoms with E-state index in [1.807, 2.05) is 24.4 Å². The second-order valence-corrected chi connectivity index (χ2v) is 7.48. The van der Waals surface area contributed by atoms with Crippen LogP contribution in [-0.2, 0) is 6.54 Å². The van der Waals surface area contributed by atoms with Gasteiger partial charge >= 0.3 is 0 Å². The number of Topliss-reactive ketones (excluding diaryl/α,β-unsaturated/α-hetero) is 1. The van der Waals surface area contributed by atoms with Crippen LogP contribution in [0.15, 0.2) is 29.6 Å². The summed E-state index contributed by atoms with van der Waals surface area (Å²) in [5, 5.41) is 11.9. The summed E-state index contributed by atoms with van der Waals surface area (Å²) in [6.07, 6.45) is 2.00. The van der Waals surface area contributed by atoms with Gasteiger partial charge in [0.15, 0.2) is 5.78 Å². The van der Waals surface area contributed by atoms with E-state index in [2.05, 4.69) is 4.90 Å². The van der Waals surface area contributed by atoms with E-state index in [0.29, 0.717) is 5.02 Å². The average Bonchev–Trinajstić information content (AvgIpc) is 2.96. The van der Waals surface area contributed by atoms with Gasteiger partial charge in [-0.05, 0) is 61.0 Å². The largest absolute Gasteiger partial charge is 0.506 e. The molecule has 1 aliphatic rings. The molecule has 23 heavy (non-hydrogen) atoms. The van der Waals surface area contributed by atoms with Gasteiger partial charge in [0.1, 0.15) is 5.75 Å². The van der Waals surface area contributed by atoms with Crippen molar-refractivity contribution in [3.05, 3.63) is 50.7 Å². The van der Waals surface area contributed by atoms with Gasteiger partial charge in [0.25, 0.3) is 0 Å². The van der Waals surface area contributed by atoms with Crippen LogP contribution < -0.4 is 0 Å². The number of nitrogens with zero attached hydrogens (tertiary/aromatic N) is 1. The first-order chi connectivity index (χ1) is 11.0. The number of thiophene rings is 1. The number of halogens is 1. The average molecular weight is 350 g/mol. The van der Waals surface area contributed by atoms with Crippen molar-refractivity contribution in [3.63, 3.8) is 0 Å². The third-order valence-electron chi connectivity index (χ3n) is 4.38. The Labute approximate surface area is 145 Å². The second kappa shape index (κ2) is 7.04. The number of aromatic hydroxyl groups is 1. The van der Waals surface area contributed by atoms with Gasteiger partial charge in [-0.15, -0.1) is 11.3 Å². The van der Waals surface area contributed by atoms with Crippen molar-refractivity contribution in [3.8, 4) is 5.75 Å². The molecular formula is C18H20ClNO2S. The number of hydrogen-bond acceptors (Lipinski definition) is 4. The summed E-state index contributed by atoms with van der Waals surface area (Å²) in [6.45, 7) is 4.54. The lowest BCUT2D eigenvalue weighted by Crippen LogP contribution is -2.38. The summed E-state index contributed by atoms with van der Waals surface area (Å²) in [7, 11) is 0. The fraction of sp³-hybridized carbons (Fsp3) is 0.389. The van der Waals surface area contributed by atoms with Gasteiger partial charge in [0.2, 0.25) is 0 Å². The highest BCUT2D eigenvalue weighted by Gasteiger charge is 2.28. The van der Waals surface area contributed by atoms with E-state index in [9.17, 15) is 9.90 Å². The molecule has 0 amide bonds. The molecule has 0 saturated carbocycles. The first-order valence-corrected chi connectivity index (χ1v) is 9.08. The van der Waals surface area contributed by atoms with Gasteiger partial charge in [0, 0.05) is 19.0 Å². The van der Waals surface area contributed by atoms with Crippen LogP contribution >= 0.6 is 22.9 Å². The fourth-order valence-corrected chi connectivity index (χ4v) is 4.28. The zero-order valence-corrected chi connectivity index (χ0v) is 14.7. The Hall–Kier alpha value is -1.36. The highest BCUT2D eigenvalue weighted by Crippen LogP contribution is 2.28. The number of phenolic OH excluding ortho intramolecular Hbond substituents is 1. The fourth-order valence-electron chi connectivity index (χ4n) is 3.13. The number of piperidine rings is 1. The number of carbonyl (C=O) groups is 1. The van der Waals surface area contributed by atoms with Gasteiger partial charge in [-0.2, -0.15) is 0 Å². The van der Waals surface area contributed by atoms with Crippen molar-refractivity contribution in [2.24, 2.45) is 5.92 Å². The van der Waals surface area contributed by atoms with Crippen molar-refractivity contribution in [1.82, 2.24) is 4.90 Å². The molecule has 3 nitrogen and oxygen atoms in total. The zero-order valence-electron chi connectivity index (χ0n) is 13.1. The van der Waals surface area contributed by atoms with E-state index in [-0.39, 0.29) is 17.5 Å². The number of benzene rings is 1. The molecule has 5 heteroatoms. The van der Waals surface area contributed by atoms with E-state index < -0.39 is 0 Å². The molecule has 0 aliphatic carbocycles. The van der Waals surface area contributed by atoms with Gasteiger partial charge in [0.05, 0.1) is 9.90 Å². The summed E-state index contributed by atoms with van der Waals surface area (Å²) in [6, 6.07) is 7.32. The number of carbonyl (C=O) groups excluding carboxylic acids is 1. The summed E-state index contributed by atoms with van der Waals surface area (Å²) in [4.78, 5) is 15.9. The van der Waals surface area contributed by atoms with Gasteiger partial charge in [-0.25, -0.2) is 0 Å². The normalized spacial score (nSPS) is 19.0. The van der Waals surface area contributed by atoms with Crippen LogP contribution in [0.2, 0.25) is 5.02 Å². The van der Waals surface area contributed by atoms with Crippen LogP contribution in [0.5, 0.6) is 5.75 Å². The van der Waals surface area contributed by atoms with Crippen LogP contribution in [0.1, 0.15) is 33.6 Å². The Morgan fingerprint density at radius 1 is 1.43 bits per heavy atom. The minimum absolute atomic E-state index is 0.0775. The molecule has 2 heterocycles. The molecular weight excluding hydrogens is 330 g/mol.